The first-order chi connectivity index (χ1) is 12.0. The van der Waals surface area contributed by atoms with Crippen molar-refractivity contribution < 1.29 is 0 Å². The van der Waals surface area contributed by atoms with E-state index in [4.69, 9.17) is 17.3 Å². The van der Waals surface area contributed by atoms with Gasteiger partial charge in [0.2, 0.25) is 5.41 Å². The van der Waals surface area contributed by atoms with Crippen molar-refractivity contribution in [2.75, 3.05) is 20.1 Å². The molecule has 3 rings (SSSR count). The van der Waals surface area contributed by atoms with E-state index in [2.05, 4.69) is 23.1 Å². The molecule has 1 heterocycles. The quantitative estimate of drug-likeness (QED) is 0.785. The van der Waals surface area contributed by atoms with Gasteiger partial charge in [-0.3, -0.25) is 0 Å². The predicted molar refractivity (Wildman–Crippen MR) is 93.7 cm³/mol. The molecule has 1 aromatic rings. The Labute approximate surface area is 151 Å². The number of halogens is 1. The largest absolute Gasteiger partial charge is 0.399 e. The highest BCUT2D eigenvalue weighted by atomic mass is 35.5. The van der Waals surface area contributed by atoms with Gasteiger partial charge in [0.05, 0.1) is 29.5 Å². The third kappa shape index (κ3) is 2.39. The minimum atomic E-state index is -1.59. The van der Waals surface area contributed by atoms with E-state index >= 15 is 0 Å². The second-order valence-electron chi connectivity index (χ2n) is 6.40. The number of likely N-dealkylation sites (N-methyl/N-ethyl adjacent to an activating group) is 1. The summed E-state index contributed by atoms with van der Waals surface area (Å²) in [5, 5.41) is 29.9. The van der Waals surface area contributed by atoms with E-state index in [1.165, 1.54) is 0 Å². The van der Waals surface area contributed by atoms with Gasteiger partial charge < -0.3 is 10.6 Å². The number of allylic oxidation sites excluding steroid dienone is 2. The molecule has 5 nitrogen and oxygen atoms in total. The second-order valence-corrected chi connectivity index (χ2v) is 6.81. The fourth-order valence-electron chi connectivity index (χ4n) is 3.86. The lowest BCUT2D eigenvalue weighted by atomic mass is 9.60. The molecular weight excluding hydrogens is 334 g/mol. The lowest BCUT2D eigenvalue weighted by molar-refractivity contribution is 0.264. The lowest BCUT2D eigenvalue weighted by Gasteiger charge is -2.44. The zero-order valence-corrected chi connectivity index (χ0v) is 14.5. The van der Waals surface area contributed by atoms with Gasteiger partial charge in [-0.05, 0) is 24.3 Å². The van der Waals surface area contributed by atoms with E-state index in [1.807, 2.05) is 31.3 Å². The molecule has 1 aliphatic carbocycles. The molecule has 124 valence electrons. The highest BCUT2D eigenvalue weighted by Gasteiger charge is 2.52. The first-order valence-corrected chi connectivity index (χ1v) is 8.24. The minimum Gasteiger partial charge on any atom is -0.399 e. The standard InChI is InChI=1S/C19H16ClN5/c1-25-7-6-15-14(9-25)17(12-4-2-3-5-16(12)20)13(8-21)18(24)19(15,10-22)11-23/h2-6,14,17H,7,9,24H2,1H3/t14-,17-/m1/s1. The maximum Gasteiger partial charge on any atom is 0.204 e. The van der Waals surface area contributed by atoms with Crippen LogP contribution in [-0.4, -0.2) is 25.0 Å². The van der Waals surface area contributed by atoms with E-state index < -0.39 is 5.41 Å². The van der Waals surface area contributed by atoms with Gasteiger partial charge >= 0.3 is 0 Å². The van der Waals surface area contributed by atoms with Gasteiger partial charge in [-0.15, -0.1) is 0 Å². The number of hydrogen-bond donors (Lipinski definition) is 1. The van der Waals surface area contributed by atoms with Gasteiger partial charge in [-0.25, -0.2) is 0 Å². The smallest absolute Gasteiger partial charge is 0.204 e. The molecule has 1 aliphatic heterocycles. The molecule has 2 atom stereocenters. The number of nitriles is 3. The Kier molecular flexibility index (Phi) is 4.27. The van der Waals surface area contributed by atoms with Crippen molar-refractivity contribution in [2.24, 2.45) is 17.1 Å². The van der Waals surface area contributed by atoms with E-state index in [1.54, 1.807) is 6.07 Å². The zero-order valence-electron chi connectivity index (χ0n) is 13.7. The molecule has 1 aromatic carbocycles. The zero-order chi connectivity index (χ0) is 18.2. The normalized spacial score (nSPS) is 25.2. The van der Waals surface area contributed by atoms with Crippen LogP contribution in [0.25, 0.3) is 0 Å². The molecule has 0 spiro atoms. The number of rotatable bonds is 1. The topological polar surface area (TPSA) is 101 Å². The summed E-state index contributed by atoms with van der Waals surface area (Å²) < 4.78 is 0. The molecule has 0 aromatic heterocycles. The van der Waals surface area contributed by atoms with Gasteiger partial charge in [0.25, 0.3) is 0 Å². The fourth-order valence-corrected chi connectivity index (χ4v) is 4.11. The van der Waals surface area contributed by atoms with Crippen LogP contribution in [0.5, 0.6) is 0 Å². The molecular formula is C19H16ClN5. The van der Waals surface area contributed by atoms with Crippen LogP contribution in [0.4, 0.5) is 0 Å². The maximum atomic E-state index is 9.78. The maximum absolute atomic E-state index is 9.78. The number of fused-ring (bicyclic) bond motifs is 1. The average Bonchev–Trinajstić information content (AvgIpc) is 2.62. The summed E-state index contributed by atoms with van der Waals surface area (Å²) in [5.74, 6) is -0.581. The van der Waals surface area contributed by atoms with Crippen molar-refractivity contribution in [2.45, 2.75) is 5.92 Å². The van der Waals surface area contributed by atoms with Crippen LogP contribution in [0.1, 0.15) is 11.5 Å². The second kappa shape index (κ2) is 6.26. The first-order valence-electron chi connectivity index (χ1n) is 7.86. The molecule has 2 aliphatic rings. The van der Waals surface area contributed by atoms with Crippen molar-refractivity contribution >= 4 is 11.6 Å². The molecule has 0 fully saturated rings. The summed E-state index contributed by atoms with van der Waals surface area (Å²) in [4.78, 5) is 2.09. The third-order valence-electron chi connectivity index (χ3n) is 5.07. The molecule has 0 unspecified atom stereocenters. The number of benzene rings is 1. The Bertz CT molecular complexity index is 895. The van der Waals surface area contributed by atoms with Crippen LogP contribution in [0.2, 0.25) is 5.02 Å². The van der Waals surface area contributed by atoms with E-state index in [-0.39, 0.29) is 23.1 Å². The molecule has 2 N–H and O–H groups in total. The lowest BCUT2D eigenvalue weighted by Crippen LogP contribution is -2.46. The fraction of sp³-hybridized carbons (Fsp3) is 0.316. The Morgan fingerprint density at radius 3 is 2.52 bits per heavy atom. The van der Waals surface area contributed by atoms with Crippen LogP contribution in [0.3, 0.4) is 0 Å². The van der Waals surface area contributed by atoms with Crippen LogP contribution < -0.4 is 5.73 Å². The Balaban J connectivity index is 2.35. The van der Waals surface area contributed by atoms with Gasteiger partial charge in [0.15, 0.2) is 0 Å². The Morgan fingerprint density at radius 1 is 1.24 bits per heavy atom. The van der Waals surface area contributed by atoms with Gasteiger partial charge in [0.1, 0.15) is 0 Å². The summed E-state index contributed by atoms with van der Waals surface area (Å²) in [5.41, 5.74) is 6.39. The number of nitrogens with zero attached hydrogens (tertiary/aromatic N) is 4. The van der Waals surface area contributed by atoms with Crippen molar-refractivity contribution in [1.82, 2.24) is 4.90 Å². The summed E-state index contributed by atoms with van der Waals surface area (Å²) >= 11 is 6.40. The molecule has 6 heteroatoms. The molecule has 0 bridgehead atoms. The molecule has 0 saturated heterocycles. The number of nitrogens with two attached hydrogens (primary N) is 1. The monoisotopic (exact) mass is 349 g/mol. The summed E-state index contributed by atoms with van der Waals surface area (Å²) in [6.45, 7) is 1.24. The van der Waals surface area contributed by atoms with Crippen LogP contribution in [0.15, 0.2) is 47.2 Å². The van der Waals surface area contributed by atoms with Crippen molar-refractivity contribution in [3.8, 4) is 18.2 Å². The van der Waals surface area contributed by atoms with Gasteiger partial charge in [-0.1, -0.05) is 35.9 Å². The molecule has 0 amide bonds. The average molecular weight is 350 g/mol. The highest BCUT2D eigenvalue weighted by molar-refractivity contribution is 6.31. The van der Waals surface area contributed by atoms with Crippen molar-refractivity contribution in [1.29, 1.82) is 15.8 Å². The number of hydrogen-bond acceptors (Lipinski definition) is 5. The van der Waals surface area contributed by atoms with Gasteiger partial charge in [0, 0.05) is 29.9 Å². The molecule has 0 saturated carbocycles. The Morgan fingerprint density at radius 2 is 1.92 bits per heavy atom. The Hall–Kier alpha value is -2.78. The highest BCUT2D eigenvalue weighted by Crippen LogP contribution is 2.53. The van der Waals surface area contributed by atoms with E-state index in [0.29, 0.717) is 23.7 Å². The predicted octanol–water partition coefficient (Wildman–Crippen LogP) is 2.70. The SMILES string of the molecule is CN1CC=C2[C@@H](C1)[C@H](c1ccccc1Cl)C(C#N)=C(N)C2(C#N)C#N. The minimum absolute atomic E-state index is 0.0250. The first kappa shape index (κ1) is 17.1. The van der Waals surface area contributed by atoms with Crippen LogP contribution in [0, 0.1) is 45.3 Å². The van der Waals surface area contributed by atoms with Crippen molar-refractivity contribution in [3.05, 3.63) is 57.8 Å². The summed E-state index contributed by atoms with van der Waals surface area (Å²) in [7, 11) is 1.96. The van der Waals surface area contributed by atoms with Crippen LogP contribution in [-0.2, 0) is 0 Å². The van der Waals surface area contributed by atoms with E-state index in [9.17, 15) is 15.8 Å². The summed E-state index contributed by atoms with van der Waals surface area (Å²) in [6.07, 6.45) is 1.89. The van der Waals surface area contributed by atoms with Crippen LogP contribution >= 0.6 is 11.6 Å². The third-order valence-corrected chi connectivity index (χ3v) is 5.41. The van der Waals surface area contributed by atoms with E-state index in [0.717, 1.165) is 5.56 Å². The van der Waals surface area contributed by atoms with Gasteiger partial charge in [-0.2, -0.15) is 15.8 Å². The molecule has 25 heavy (non-hydrogen) atoms. The molecule has 0 radical (unpaired) electrons. The van der Waals surface area contributed by atoms with Crippen molar-refractivity contribution in [3.63, 3.8) is 0 Å². The summed E-state index contributed by atoms with van der Waals surface area (Å²) in [6, 6.07) is 13.6.